The highest BCUT2D eigenvalue weighted by Gasteiger charge is 2.27. The summed E-state index contributed by atoms with van der Waals surface area (Å²) in [5.74, 6) is 0.736. The molecule has 0 aromatic heterocycles. The average molecular weight is 255 g/mol. The predicted octanol–water partition coefficient (Wildman–Crippen LogP) is -0.360. The normalized spacial score (nSPS) is 26.8. The summed E-state index contributed by atoms with van der Waals surface area (Å²) in [7, 11) is 0. The van der Waals surface area contributed by atoms with E-state index >= 15 is 0 Å². The van der Waals surface area contributed by atoms with Crippen molar-refractivity contribution in [2.45, 2.75) is 31.7 Å². The van der Waals surface area contributed by atoms with Crippen LogP contribution in [0.5, 0.6) is 0 Å². The number of aliphatic hydroxyl groups excluding tert-OH is 1. The molecule has 18 heavy (non-hydrogen) atoms. The van der Waals surface area contributed by atoms with Crippen LogP contribution in [0.2, 0.25) is 0 Å². The number of nitrogens with two attached hydrogens (primary N) is 1. The van der Waals surface area contributed by atoms with Crippen LogP contribution in [0, 0.1) is 5.92 Å². The second kappa shape index (κ2) is 6.50. The SMILES string of the molecule is NC1CCN(CC(=O)N2CCC(CCO)C2)CC1. The van der Waals surface area contributed by atoms with Gasteiger partial charge in [0.2, 0.25) is 5.91 Å². The lowest BCUT2D eigenvalue weighted by molar-refractivity contribution is -0.131. The molecular formula is C13H25N3O2. The van der Waals surface area contributed by atoms with E-state index in [-0.39, 0.29) is 12.5 Å². The van der Waals surface area contributed by atoms with Gasteiger partial charge in [-0.2, -0.15) is 0 Å². The quantitative estimate of drug-likeness (QED) is 0.720. The van der Waals surface area contributed by atoms with E-state index in [9.17, 15) is 4.79 Å². The van der Waals surface area contributed by atoms with Gasteiger partial charge >= 0.3 is 0 Å². The number of amides is 1. The monoisotopic (exact) mass is 255 g/mol. The Morgan fingerprint density at radius 3 is 2.61 bits per heavy atom. The first-order chi connectivity index (χ1) is 8.69. The van der Waals surface area contributed by atoms with E-state index in [1.54, 1.807) is 0 Å². The first kappa shape index (κ1) is 13.8. The minimum atomic E-state index is 0.233. The third-order valence-corrected chi connectivity index (χ3v) is 4.17. The van der Waals surface area contributed by atoms with Crippen molar-refractivity contribution in [3.8, 4) is 0 Å². The molecule has 2 heterocycles. The zero-order valence-electron chi connectivity index (χ0n) is 11.1. The molecule has 0 saturated carbocycles. The number of aliphatic hydroxyl groups is 1. The lowest BCUT2D eigenvalue weighted by atomic mass is 10.1. The van der Waals surface area contributed by atoms with Gasteiger partial charge in [0.25, 0.3) is 0 Å². The van der Waals surface area contributed by atoms with Crippen LogP contribution in [0.4, 0.5) is 0 Å². The smallest absolute Gasteiger partial charge is 0.236 e. The highest BCUT2D eigenvalue weighted by Crippen LogP contribution is 2.19. The molecule has 0 aromatic carbocycles. The van der Waals surface area contributed by atoms with Gasteiger partial charge in [-0.05, 0) is 31.6 Å². The summed E-state index contributed by atoms with van der Waals surface area (Å²) in [6.07, 6.45) is 3.86. The Morgan fingerprint density at radius 2 is 1.94 bits per heavy atom. The zero-order chi connectivity index (χ0) is 13.0. The van der Waals surface area contributed by atoms with E-state index in [4.69, 9.17) is 10.8 Å². The summed E-state index contributed by atoms with van der Waals surface area (Å²) in [4.78, 5) is 16.3. The van der Waals surface area contributed by atoms with Crippen molar-refractivity contribution in [2.75, 3.05) is 39.3 Å². The summed E-state index contributed by atoms with van der Waals surface area (Å²) >= 11 is 0. The number of hydrogen-bond acceptors (Lipinski definition) is 4. The standard InChI is InChI=1S/C13H25N3O2/c14-12-2-5-15(6-3-12)10-13(18)16-7-1-11(9-16)4-8-17/h11-12,17H,1-10,14H2. The molecular weight excluding hydrogens is 230 g/mol. The van der Waals surface area contributed by atoms with Gasteiger partial charge in [0.05, 0.1) is 6.54 Å². The molecule has 5 nitrogen and oxygen atoms in total. The Balaban J connectivity index is 1.72. The van der Waals surface area contributed by atoms with Crippen molar-refractivity contribution in [1.82, 2.24) is 9.80 Å². The van der Waals surface area contributed by atoms with Gasteiger partial charge in [-0.3, -0.25) is 9.69 Å². The van der Waals surface area contributed by atoms with Gasteiger partial charge in [0, 0.05) is 38.8 Å². The molecule has 5 heteroatoms. The van der Waals surface area contributed by atoms with E-state index in [2.05, 4.69) is 4.90 Å². The Labute approximate surface area is 109 Å². The van der Waals surface area contributed by atoms with Crippen molar-refractivity contribution in [2.24, 2.45) is 11.7 Å². The van der Waals surface area contributed by atoms with Crippen molar-refractivity contribution in [3.63, 3.8) is 0 Å². The predicted molar refractivity (Wildman–Crippen MR) is 70.0 cm³/mol. The van der Waals surface area contributed by atoms with Gasteiger partial charge in [0.1, 0.15) is 0 Å². The molecule has 2 saturated heterocycles. The fourth-order valence-electron chi connectivity index (χ4n) is 2.88. The number of likely N-dealkylation sites (tertiary alicyclic amines) is 2. The number of carbonyl (C=O) groups excluding carboxylic acids is 1. The molecule has 1 amide bonds. The lowest BCUT2D eigenvalue weighted by Gasteiger charge is -2.30. The number of rotatable bonds is 4. The first-order valence-electron chi connectivity index (χ1n) is 7.05. The van der Waals surface area contributed by atoms with E-state index in [0.717, 1.165) is 51.9 Å². The summed E-state index contributed by atoms with van der Waals surface area (Å²) in [6.45, 7) is 4.35. The maximum absolute atomic E-state index is 12.1. The van der Waals surface area contributed by atoms with Crippen LogP contribution in [-0.2, 0) is 4.79 Å². The molecule has 0 radical (unpaired) electrons. The number of hydrogen-bond donors (Lipinski definition) is 2. The molecule has 0 spiro atoms. The molecule has 3 N–H and O–H groups in total. The average Bonchev–Trinajstić information content (AvgIpc) is 2.81. The van der Waals surface area contributed by atoms with Gasteiger partial charge < -0.3 is 15.7 Å². The topological polar surface area (TPSA) is 69.8 Å². The van der Waals surface area contributed by atoms with Gasteiger partial charge in [0.15, 0.2) is 0 Å². The highest BCUT2D eigenvalue weighted by atomic mass is 16.3. The maximum atomic E-state index is 12.1. The van der Waals surface area contributed by atoms with Gasteiger partial charge in [-0.1, -0.05) is 0 Å². The Bertz CT molecular complexity index is 277. The molecule has 2 aliphatic rings. The van der Waals surface area contributed by atoms with E-state index < -0.39 is 0 Å². The second-order valence-corrected chi connectivity index (χ2v) is 5.62. The van der Waals surface area contributed by atoms with Crippen LogP contribution < -0.4 is 5.73 Å². The van der Waals surface area contributed by atoms with Gasteiger partial charge in [-0.15, -0.1) is 0 Å². The van der Waals surface area contributed by atoms with Crippen LogP contribution in [0.1, 0.15) is 25.7 Å². The van der Waals surface area contributed by atoms with E-state index in [1.807, 2.05) is 4.90 Å². The maximum Gasteiger partial charge on any atom is 0.236 e. The van der Waals surface area contributed by atoms with Crippen LogP contribution in [0.25, 0.3) is 0 Å². The fourth-order valence-corrected chi connectivity index (χ4v) is 2.88. The summed E-state index contributed by atoms with van der Waals surface area (Å²) in [6, 6.07) is 0.317. The first-order valence-corrected chi connectivity index (χ1v) is 7.05. The fraction of sp³-hybridized carbons (Fsp3) is 0.923. The third kappa shape index (κ3) is 3.67. The molecule has 2 aliphatic heterocycles. The van der Waals surface area contributed by atoms with Crippen LogP contribution in [0.15, 0.2) is 0 Å². The molecule has 0 aliphatic carbocycles. The third-order valence-electron chi connectivity index (χ3n) is 4.17. The summed E-state index contributed by atoms with van der Waals surface area (Å²) < 4.78 is 0. The van der Waals surface area contributed by atoms with Crippen molar-refractivity contribution < 1.29 is 9.90 Å². The largest absolute Gasteiger partial charge is 0.396 e. The molecule has 2 fully saturated rings. The minimum Gasteiger partial charge on any atom is -0.396 e. The van der Waals surface area contributed by atoms with Crippen molar-refractivity contribution in [1.29, 1.82) is 0 Å². The Morgan fingerprint density at radius 1 is 1.22 bits per heavy atom. The van der Waals surface area contributed by atoms with Crippen LogP contribution in [-0.4, -0.2) is 66.2 Å². The Kier molecular flexibility index (Phi) is 4.97. The Hall–Kier alpha value is -0.650. The lowest BCUT2D eigenvalue weighted by Crippen LogP contribution is -2.45. The molecule has 0 bridgehead atoms. The summed E-state index contributed by atoms with van der Waals surface area (Å²) in [5, 5.41) is 8.91. The highest BCUT2D eigenvalue weighted by molar-refractivity contribution is 5.78. The number of nitrogens with zero attached hydrogens (tertiary/aromatic N) is 2. The van der Waals surface area contributed by atoms with Crippen LogP contribution in [0.3, 0.4) is 0 Å². The van der Waals surface area contributed by atoms with Gasteiger partial charge in [-0.25, -0.2) is 0 Å². The molecule has 1 unspecified atom stereocenters. The minimum absolute atomic E-state index is 0.233. The van der Waals surface area contributed by atoms with E-state index in [1.165, 1.54) is 0 Å². The van der Waals surface area contributed by atoms with Crippen molar-refractivity contribution >= 4 is 5.91 Å². The number of carbonyl (C=O) groups is 1. The molecule has 2 rings (SSSR count). The second-order valence-electron chi connectivity index (χ2n) is 5.62. The zero-order valence-corrected chi connectivity index (χ0v) is 11.1. The van der Waals surface area contributed by atoms with Crippen LogP contribution >= 0.6 is 0 Å². The molecule has 1 atom stereocenters. The molecule has 0 aromatic rings. The summed E-state index contributed by atoms with van der Waals surface area (Å²) in [5.41, 5.74) is 5.86. The van der Waals surface area contributed by atoms with Crippen molar-refractivity contribution in [3.05, 3.63) is 0 Å². The molecule has 104 valence electrons. The number of piperidine rings is 1. The van der Waals surface area contributed by atoms with E-state index in [0.29, 0.717) is 18.5 Å².